The summed E-state index contributed by atoms with van der Waals surface area (Å²) in [5, 5.41) is 0. The molecule has 0 aliphatic carbocycles. The maximum absolute atomic E-state index is 12.4. The van der Waals surface area contributed by atoms with Crippen LogP contribution in [-0.2, 0) is 14.8 Å². The van der Waals surface area contributed by atoms with Crippen LogP contribution in [0.3, 0.4) is 0 Å². The van der Waals surface area contributed by atoms with E-state index in [2.05, 4.69) is 28.4 Å². The van der Waals surface area contributed by atoms with E-state index in [9.17, 15) is 13.2 Å². The number of carbonyl (C=O) groups is 1. The van der Waals surface area contributed by atoms with Gasteiger partial charge in [-0.1, -0.05) is 6.92 Å². The number of likely N-dealkylation sites (tertiary alicyclic amines) is 1. The van der Waals surface area contributed by atoms with E-state index < -0.39 is 10.0 Å². The average molecular weight is 389 g/mol. The predicted octanol–water partition coefficient (Wildman–Crippen LogP) is 0.723. The summed E-state index contributed by atoms with van der Waals surface area (Å²) in [6.45, 7) is 12.2. The number of rotatable bonds is 8. The number of hydrogen-bond acceptors (Lipinski definition) is 5. The molecule has 0 radical (unpaired) electrons. The van der Waals surface area contributed by atoms with Crippen molar-refractivity contribution in [2.24, 2.45) is 0 Å². The van der Waals surface area contributed by atoms with Gasteiger partial charge in [0.1, 0.15) is 0 Å². The van der Waals surface area contributed by atoms with Crippen molar-refractivity contribution in [3.05, 3.63) is 0 Å². The first-order valence-electron chi connectivity index (χ1n) is 10.0. The van der Waals surface area contributed by atoms with E-state index in [-0.39, 0.29) is 23.7 Å². The third kappa shape index (κ3) is 6.48. The average Bonchev–Trinajstić information content (AvgIpc) is 2.65. The fourth-order valence-electron chi connectivity index (χ4n) is 3.98. The first kappa shape index (κ1) is 21.6. The van der Waals surface area contributed by atoms with Crippen LogP contribution in [0.4, 0.5) is 0 Å². The van der Waals surface area contributed by atoms with Crippen molar-refractivity contribution < 1.29 is 13.2 Å². The monoisotopic (exact) mass is 388 g/mol. The van der Waals surface area contributed by atoms with Gasteiger partial charge in [0.25, 0.3) is 0 Å². The molecule has 0 aromatic carbocycles. The Balaban J connectivity index is 1.75. The van der Waals surface area contributed by atoms with Gasteiger partial charge in [-0.3, -0.25) is 9.69 Å². The molecule has 0 aromatic rings. The number of nitrogens with zero attached hydrogens (tertiary/aromatic N) is 3. The number of hydrogen-bond donors (Lipinski definition) is 1. The Bertz CT molecular complexity index is 547. The summed E-state index contributed by atoms with van der Waals surface area (Å²) in [7, 11) is -3.30. The minimum Gasteiger partial charge on any atom is -0.340 e. The van der Waals surface area contributed by atoms with E-state index in [1.54, 1.807) is 6.92 Å². The van der Waals surface area contributed by atoms with E-state index in [1.165, 1.54) is 0 Å². The summed E-state index contributed by atoms with van der Waals surface area (Å²) in [6, 6.07) is 0.268. The molecule has 2 rings (SSSR count). The predicted molar refractivity (Wildman–Crippen MR) is 105 cm³/mol. The van der Waals surface area contributed by atoms with Gasteiger partial charge in [0.2, 0.25) is 15.9 Å². The second-order valence-corrected chi connectivity index (χ2v) is 9.56. The smallest absolute Gasteiger partial charge is 0.219 e. The lowest BCUT2D eigenvalue weighted by Gasteiger charge is -2.37. The Morgan fingerprint density at radius 3 is 2.46 bits per heavy atom. The maximum atomic E-state index is 12.4. The molecule has 8 heteroatoms. The summed E-state index contributed by atoms with van der Waals surface area (Å²) in [5.41, 5.74) is 0. The third-order valence-corrected chi connectivity index (χ3v) is 7.21. The van der Waals surface area contributed by atoms with Crippen molar-refractivity contribution in [3.8, 4) is 0 Å². The van der Waals surface area contributed by atoms with Crippen molar-refractivity contribution in [1.82, 2.24) is 19.4 Å². The third-order valence-electron chi connectivity index (χ3n) is 5.83. The largest absolute Gasteiger partial charge is 0.340 e. The molecule has 2 aliphatic heterocycles. The zero-order chi connectivity index (χ0) is 19.2. The highest BCUT2D eigenvalue weighted by atomic mass is 32.2. The standard InChI is InChI=1S/C18H36N4O3S/c1-4-20-10-12-21(13-11-20)16(2)15-19-26(24,25)14-8-18-7-5-6-9-22(18)17(3)23/h16,18-19H,4-15H2,1-3H3. The first-order chi connectivity index (χ1) is 12.3. The van der Waals surface area contributed by atoms with Gasteiger partial charge in [-0.05, 0) is 39.2 Å². The molecule has 2 heterocycles. The number of piperidine rings is 1. The molecule has 2 fully saturated rings. The van der Waals surface area contributed by atoms with Crippen molar-refractivity contribution in [2.45, 2.75) is 58.5 Å². The maximum Gasteiger partial charge on any atom is 0.219 e. The lowest BCUT2D eigenvalue weighted by Crippen LogP contribution is -2.52. The van der Waals surface area contributed by atoms with Crippen LogP contribution in [0.15, 0.2) is 0 Å². The molecule has 2 atom stereocenters. The van der Waals surface area contributed by atoms with Crippen molar-refractivity contribution in [2.75, 3.05) is 51.6 Å². The van der Waals surface area contributed by atoms with Crippen LogP contribution in [0.1, 0.15) is 46.5 Å². The molecule has 1 amide bonds. The van der Waals surface area contributed by atoms with Crippen molar-refractivity contribution >= 4 is 15.9 Å². The molecule has 0 aromatic heterocycles. The Labute approximate surface area is 159 Å². The van der Waals surface area contributed by atoms with Crippen molar-refractivity contribution in [3.63, 3.8) is 0 Å². The SMILES string of the molecule is CCN1CCN(C(C)CNS(=O)(=O)CCC2CCCCN2C(C)=O)CC1. The highest BCUT2D eigenvalue weighted by Crippen LogP contribution is 2.20. The quantitative estimate of drug-likeness (QED) is 0.663. The number of sulfonamides is 1. The molecule has 1 N–H and O–H groups in total. The summed E-state index contributed by atoms with van der Waals surface area (Å²) in [6.07, 6.45) is 3.53. The topological polar surface area (TPSA) is 73.0 Å². The first-order valence-corrected chi connectivity index (χ1v) is 11.7. The van der Waals surface area contributed by atoms with Crippen molar-refractivity contribution in [1.29, 1.82) is 0 Å². The summed E-state index contributed by atoms with van der Waals surface area (Å²) in [4.78, 5) is 18.3. The van der Waals surface area contributed by atoms with Crippen LogP contribution in [0.2, 0.25) is 0 Å². The van der Waals surface area contributed by atoms with E-state index in [1.807, 2.05) is 4.90 Å². The van der Waals surface area contributed by atoms with Crippen LogP contribution in [0, 0.1) is 0 Å². The minimum atomic E-state index is -3.30. The molecular formula is C18H36N4O3S. The lowest BCUT2D eigenvalue weighted by atomic mass is 10.00. The van der Waals surface area contributed by atoms with E-state index in [0.29, 0.717) is 13.0 Å². The molecule has 0 spiro atoms. The Morgan fingerprint density at radius 1 is 1.15 bits per heavy atom. The molecule has 2 aliphatic rings. The molecule has 7 nitrogen and oxygen atoms in total. The lowest BCUT2D eigenvalue weighted by molar-refractivity contribution is -0.132. The molecular weight excluding hydrogens is 352 g/mol. The number of piperazine rings is 1. The zero-order valence-electron chi connectivity index (χ0n) is 16.6. The number of amides is 1. The molecule has 26 heavy (non-hydrogen) atoms. The molecule has 2 unspecified atom stereocenters. The van der Waals surface area contributed by atoms with Gasteiger partial charge >= 0.3 is 0 Å². The van der Waals surface area contributed by atoms with E-state index in [0.717, 1.165) is 58.5 Å². The minimum absolute atomic E-state index is 0.0555. The zero-order valence-corrected chi connectivity index (χ0v) is 17.4. The fourth-order valence-corrected chi connectivity index (χ4v) is 5.20. The van der Waals surface area contributed by atoms with Crippen LogP contribution < -0.4 is 4.72 Å². The summed E-state index contributed by atoms with van der Waals surface area (Å²) in [5.74, 6) is 0.150. The van der Waals surface area contributed by atoms with Gasteiger partial charge in [0.05, 0.1) is 5.75 Å². The van der Waals surface area contributed by atoms with Gasteiger partial charge in [0, 0.05) is 58.3 Å². The highest BCUT2D eigenvalue weighted by Gasteiger charge is 2.26. The Morgan fingerprint density at radius 2 is 1.85 bits per heavy atom. The van der Waals surface area contributed by atoms with Gasteiger partial charge in [-0.2, -0.15) is 0 Å². The molecule has 152 valence electrons. The second kappa shape index (κ2) is 10.0. The van der Waals surface area contributed by atoms with Crippen LogP contribution in [-0.4, -0.2) is 92.7 Å². The van der Waals surface area contributed by atoms with Gasteiger partial charge in [-0.15, -0.1) is 0 Å². The number of likely N-dealkylation sites (N-methyl/N-ethyl adjacent to an activating group) is 1. The van der Waals surface area contributed by atoms with Crippen LogP contribution >= 0.6 is 0 Å². The number of carbonyl (C=O) groups excluding carboxylic acids is 1. The number of nitrogens with one attached hydrogen (secondary N) is 1. The van der Waals surface area contributed by atoms with Crippen LogP contribution in [0.5, 0.6) is 0 Å². The molecule has 0 bridgehead atoms. The van der Waals surface area contributed by atoms with E-state index >= 15 is 0 Å². The fraction of sp³-hybridized carbons (Fsp3) is 0.944. The molecule has 0 saturated carbocycles. The van der Waals surface area contributed by atoms with Gasteiger partial charge in [0.15, 0.2) is 0 Å². The van der Waals surface area contributed by atoms with Crippen LogP contribution in [0.25, 0.3) is 0 Å². The summed E-state index contributed by atoms with van der Waals surface area (Å²) >= 11 is 0. The normalized spacial score (nSPS) is 24.6. The second-order valence-electron chi connectivity index (χ2n) is 7.64. The molecule has 2 saturated heterocycles. The van der Waals surface area contributed by atoms with Gasteiger partial charge < -0.3 is 9.80 Å². The van der Waals surface area contributed by atoms with E-state index in [4.69, 9.17) is 0 Å². The van der Waals surface area contributed by atoms with Gasteiger partial charge in [-0.25, -0.2) is 13.1 Å². The Kier molecular flexibility index (Phi) is 8.32. The Hall–Kier alpha value is -0.700. The summed E-state index contributed by atoms with van der Waals surface area (Å²) < 4.78 is 27.6. The highest BCUT2D eigenvalue weighted by molar-refractivity contribution is 7.89.